The van der Waals surface area contributed by atoms with Crippen LogP contribution in [0.15, 0.2) is 18.2 Å². The topological polar surface area (TPSA) is 26.3 Å². The summed E-state index contributed by atoms with van der Waals surface area (Å²) in [6, 6.07) is 4.82. The molecule has 17 heavy (non-hydrogen) atoms. The lowest BCUT2D eigenvalue weighted by Gasteiger charge is -2.24. The lowest BCUT2D eigenvalue weighted by molar-refractivity contribution is -0.0381. The number of ketones is 1. The third-order valence-corrected chi connectivity index (χ3v) is 2.64. The lowest BCUT2D eigenvalue weighted by Crippen LogP contribution is -2.31. The Labute approximate surface area is 112 Å². The Hall–Kier alpha value is -0.570. The molecule has 1 atom stereocenters. The fourth-order valence-corrected chi connectivity index (χ4v) is 1.99. The molecule has 0 radical (unpaired) electrons. The molecule has 0 spiro atoms. The highest BCUT2D eigenvalue weighted by Gasteiger charge is 2.23. The van der Waals surface area contributed by atoms with E-state index in [4.69, 9.17) is 27.9 Å². The number of carbonyl (C=O) groups excluding carboxylic acids is 1. The third-order valence-electron chi connectivity index (χ3n) is 2.10. The van der Waals surface area contributed by atoms with Gasteiger partial charge >= 0.3 is 0 Å². The smallest absolute Gasteiger partial charge is 0.192 e. The quantitative estimate of drug-likeness (QED) is 0.765. The van der Waals surface area contributed by atoms with Gasteiger partial charge in [0.15, 0.2) is 5.78 Å². The zero-order valence-electron chi connectivity index (χ0n) is 10.4. The first-order chi connectivity index (χ1) is 7.70. The molecule has 1 unspecified atom stereocenters. The van der Waals surface area contributed by atoms with Crippen molar-refractivity contribution in [3.05, 3.63) is 33.8 Å². The van der Waals surface area contributed by atoms with Crippen LogP contribution < -0.4 is 0 Å². The number of benzene rings is 1. The largest absolute Gasteiger partial charge is 0.365 e. The fourth-order valence-electron chi connectivity index (χ4n) is 1.49. The van der Waals surface area contributed by atoms with Crippen molar-refractivity contribution in [2.75, 3.05) is 0 Å². The highest BCUT2D eigenvalue weighted by atomic mass is 35.5. The van der Waals surface area contributed by atoms with Crippen molar-refractivity contribution in [2.24, 2.45) is 0 Å². The molecule has 1 rings (SSSR count). The Kier molecular flexibility index (Phi) is 4.59. The van der Waals surface area contributed by atoms with Crippen LogP contribution in [0.4, 0.5) is 0 Å². The van der Waals surface area contributed by atoms with Gasteiger partial charge in [-0.2, -0.15) is 0 Å². The predicted octanol–water partition coefficient (Wildman–Crippen LogP) is 4.38. The first-order valence-corrected chi connectivity index (χ1v) is 6.13. The number of hydrogen-bond acceptors (Lipinski definition) is 2. The molecule has 0 saturated heterocycles. The van der Waals surface area contributed by atoms with Crippen LogP contribution in [-0.2, 0) is 4.74 Å². The van der Waals surface area contributed by atoms with Gasteiger partial charge < -0.3 is 4.74 Å². The molecule has 0 heterocycles. The van der Waals surface area contributed by atoms with Gasteiger partial charge in [-0.25, -0.2) is 0 Å². The maximum Gasteiger partial charge on any atom is 0.192 e. The van der Waals surface area contributed by atoms with Gasteiger partial charge in [-0.05, 0) is 45.9 Å². The van der Waals surface area contributed by atoms with Crippen molar-refractivity contribution in [1.29, 1.82) is 0 Å². The van der Waals surface area contributed by atoms with Crippen LogP contribution in [0.25, 0.3) is 0 Å². The second kappa shape index (κ2) is 5.38. The first kappa shape index (κ1) is 14.5. The normalized spacial score (nSPS) is 13.5. The molecule has 0 saturated carbocycles. The van der Waals surface area contributed by atoms with Crippen LogP contribution in [0, 0.1) is 0 Å². The second-order valence-corrected chi connectivity index (χ2v) is 5.70. The standard InChI is InChI=1S/C13H16Cl2O2/c1-8(17-13(2,3)4)12(16)10-6-5-9(14)7-11(10)15/h5-8H,1-4H3. The van der Waals surface area contributed by atoms with Crippen molar-refractivity contribution < 1.29 is 9.53 Å². The molecule has 0 aliphatic heterocycles. The Bertz CT molecular complexity index is 422. The number of ether oxygens (including phenoxy) is 1. The zero-order chi connectivity index (χ0) is 13.2. The van der Waals surface area contributed by atoms with Crippen LogP contribution in [0.2, 0.25) is 10.0 Å². The summed E-state index contributed by atoms with van der Waals surface area (Å²) in [5, 5.41) is 0.864. The van der Waals surface area contributed by atoms with Crippen molar-refractivity contribution in [2.45, 2.75) is 39.4 Å². The monoisotopic (exact) mass is 274 g/mol. The van der Waals surface area contributed by atoms with Crippen molar-refractivity contribution >= 4 is 29.0 Å². The van der Waals surface area contributed by atoms with Gasteiger partial charge in [-0.15, -0.1) is 0 Å². The van der Waals surface area contributed by atoms with Crippen molar-refractivity contribution in [3.8, 4) is 0 Å². The summed E-state index contributed by atoms with van der Waals surface area (Å²) in [6.45, 7) is 7.43. The zero-order valence-corrected chi connectivity index (χ0v) is 11.9. The van der Waals surface area contributed by atoms with Crippen LogP contribution in [0.5, 0.6) is 0 Å². The summed E-state index contributed by atoms with van der Waals surface area (Å²) in [5.41, 5.74) is 0.0707. The number of rotatable bonds is 3. The van der Waals surface area contributed by atoms with Gasteiger partial charge in [-0.3, -0.25) is 4.79 Å². The predicted molar refractivity (Wildman–Crippen MR) is 71.1 cm³/mol. The van der Waals surface area contributed by atoms with Crippen LogP contribution >= 0.6 is 23.2 Å². The summed E-state index contributed by atoms with van der Waals surface area (Å²) in [4.78, 5) is 12.1. The minimum atomic E-state index is -0.534. The molecule has 4 heteroatoms. The molecule has 0 fully saturated rings. The molecule has 0 aromatic heterocycles. The summed E-state index contributed by atoms with van der Waals surface area (Å²) >= 11 is 11.8. The van der Waals surface area contributed by atoms with Gasteiger partial charge in [0.1, 0.15) is 6.10 Å². The molecule has 0 N–H and O–H groups in total. The van der Waals surface area contributed by atoms with Gasteiger partial charge in [0.25, 0.3) is 0 Å². The summed E-state index contributed by atoms with van der Waals surface area (Å²) < 4.78 is 5.60. The van der Waals surface area contributed by atoms with E-state index in [-0.39, 0.29) is 11.4 Å². The maximum atomic E-state index is 12.1. The van der Waals surface area contributed by atoms with Gasteiger partial charge in [0, 0.05) is 10.6 Å². The Morgan fingerprint density at radius 2 is 1.88 bits per heavy atom. The van der Waals surface area contributed by atoms with Gasteiger partial charge in [0.05, 0.1) is 10.6 Å². The molecular formula is C13H16Cl2O2. The van der Waals surface area contributed by atoms with E-state index in [0.29, 0.717) is 15.6 Å². The van der Waals surface area contributed by atoms with Crippen LogP contribution in [-0.4, -0.2) is 17.5 Å². The van der Waals surface area contributed by atoms with E-state index < -0.39 is 6.10 Å². The second-order valence-electron chi connectivity index (χ2n) is 4.86. The summed E-state index contributed by atoms with van der Waals surface area (Å²) in [5.74, 6) is -0.137. The minimum absolute atomic E-state index is 0.137. The van der Waals surface area contributed by atoms with Crippen molar-refractivity contribution in [3.63, 3.8) is 0 Å². The SMILES string of the molecule is CC(OC(C)(C)C)C(=O)c1ccc(Cl)cc1Cl. The maximum absolute atomic E-state index is 12.1. The van der Waals surface area contributed by atoms with E-state index in [2.05, 4.69) is 0 Å². The fraction of sp³-hybridized carbons (Fsp3) is 0.462. The molecular weight excluding hydrogens is 259 g/mol. The molecule has 94 valence electrons. The molecule has 0 bridgehead atoms. The minimum Gasteiger partial charge on any atom is -0.365 e. The molecule has 0 aliphatic rings. The molecule has 0 amide bonds. The summed E-state index contributed by atoms with van der Waals surface area (Å²) in [7, 11) is 0. The van der Waals surface area contributed by atoms with E-state index in [1.165, 1.54) is 0 Å². The van der Waals surface area contributed by atoms with E-state index in [0.717, 1.165) is 0 Å². The van der Waals surface area contributed by atoms with Gasteiger partial charge in [0.2, 0.25) is 0 Å². The highest BCUT2D eigenvalue weighted by molar-refractivity contribution is 6.37. The van der Waals surface area contributed by atoms with E-state index in [1.807, 2.05) is 20.8 Å². The Morgan fingerprint density at radius 3 is 2.35 bits per heavy atom. The lowest BCUT2D eigenvalue weighted by atomic mass is 10.1. The number of halogens is 2. The highest BCUT2D eigenvalue weighted by Crippen LogP contribution is 2.23. The van der Waals surface area contributed by atoms with E-state index in [9.17, 15) is 4.79 Å². The third kappa shape index (κ3) is 4.30. The van der Waals surface area contributed by atoms with Crippen molar-refractivity contribution in [1.82, 2.24) is 0 Å². The molecule has 0 aliphatic carbocycles. The van der Waals surface area contributed by atoms with Crippen LogP contribution in [0.3, 0.4) is 0 Å². The number of hydrogen-bond donors (Lipinski definition) is 0. The molecule has 1 aromatic carbocycles. The number of carbonyl (C=O) groups is 1. The van der Waals surface area contributed by atoms with E-state index in [1.54, 1.807) is 25.1 Å². The summed E-state index contributed by atoms with van der Waals surface area (Å²) in [6.07, 6.45) is -0.534. The number of Topliss-reactive ketones (excluding diaryl/α,β-unsaturated/α-hetero) is 1. The first-order valence-electron chi connectivity index (χ1n) is 5.38. The van der Waals surface area contributed by atoms with E-state index >= 15 is 0 Å². The molecule has 2 nitrogen and oxygen atoms in total. The Balaban J connectivity index is 2.89. The average Bonchev–Trinajstić information content (AvgIpc) is 2.14. The molecule has 1 aromatic rings. The van der Waals surface area contributed by atoms with Crippen LogP contribution in [0.1, 0.15) is 38.1 Å². The van der Waals surface area contributed by atoms with Gasteiger partial charge in [-0.1, -0.05) is 23.2 Å². The Morgan fingerprint density at radius 1 is 1.29 bits per heavy atom. The average molecular weight is 275 g/mol.